The second-order valence-corrected chi connectivity index (χ2v) is 7.52. The highest BCUT2D eigenvalue weighted by Gasteiger charge is 2.15. The Morgan fingerprint density at radius 1 is 1.15 bits per heavy atom. The highest BCUT2D eigenvalue weighted by molar-refractivity contribution is 6.05. The molecule has 138 valence electrons. The molecule has 1 atom stereocenters. The molecule has 5 nitrogen and oxygen atoms in total. The number of hydrogen-bond acceptors (Lipinski definition) is 4. The van der Waals surface area contributed by atoms with E-state index < -0.39 is 0 Å². The summed E-state index contributed by atoms with van der Waals surface area (Å²) in [6.45, 7) is 5.08. The van der Waals surface area contributed by atoms with Crippen molar-refractivity contribution in [2.75, 3.05) is 20.7 Å². The summed E-state index contributed by atoms with van der Waals surface area (Å²) >= 11 is 0. The lowest BCUT2D eigenvalue weighted by molar-refractivity contribution is 0.165. The van der Waals surface area contributed by atoms with Gasteiger partial charge < -0.3 is 14.2 Å². The molecule has 0 spiro atoms. The highest BCUT2D eigenvalue weighted by Crippen LogP contribution is 2.26. The van der Waals surface area contributed by atoms with Gasteiger partial charge in [0.15, 0.2) is 0 Å². The fraction of sp³-hybridized carbons (Fsp3) is 0.429. The Kier molecular flexibility index (Phi) is 5.28. The molecule has 5 heteroatoms. The zero-order valence-electron chi connectivity index (χ0n) is 16.2. The monoisotopic (exact) mass is 353 g/mol. The molecule has 1 aromatic carbocycles. The van der Waals surface area contributed by atoms with Gasteiger partial charge in [-0.3, -0.25) is 9.78 Å². The van der Waals surface area contributed by atoms with Gasteiger partial charge in [0.25, 0.3) is 5.56 Å². The maximum absolute atomic E-state index is 12.6. The van der Waals surface area contributed by atoms with Gasteiger partial charge in [-0.05, 0) is 50.0 Å². The van der Waals surface area contributed by atoms with Crippen LogP contribution in [0.2, 0.25) is 0 Å². The largest absolute Gasteiger partial charge is 0.492 e. The number of nitrogens with zero attached hydrogens (tertiary/aromatic N) is 3. The molecule has 0 amide bonds. The van der Waals surface area contributed by atoms with E-state index in [0.29, 0.717) is 24.0 Å². The van der Waals surface area contributed by atoms with E-state index in [4.69, 9.17) is 4.74 Å². The molecule has 0 aliphatic heterocycles. The van der Waals surface area contributed by atoms with E-state index in [2.05, 4.69) is 37.8 Å². The first-order chi connectivity index (χ1) is 12.4. The molecule has 0 saturated heterocycles. The summed E-state index contributed by atoms with van der Waals surface area (Å²) in [6, 6.07) is 8.22. The van der Waals surface area contributed by atoms with Gasteiger partial charge in [-0.2, -0.15) is 0 Å². The predicted molar refractivity (Wildman–Crippen MR) is 107 cm³/mol. The van der Waals surface area contributed by atoms with Crippen molar-refractivity contribution in [3.8, 4) is 5.75 Å². The topological polar surface area (TPSA) is 47.4 Å². The van der Waals surface area contributed by atoms with Gasteiger partial charge in [0.1, 0.15) is 12.4 Å². The van der Waals surface area contributed by atoms with Crippen molar-refractivity contribution >= 4 is 21.7 Å². The lowest BCUT2D eigenvalue weighted by Gasteiger charge is -2.26. The first-order valence-electron chi connectivity index (χ1n) is 9.04. The average molecular weight is 353 g/mol. The van der Waals surface area contributed by atoms with E-state index in [1.54, 1.807) is 24.0 Å². The SMILES string of the molecule is CC(C)C[C@@H](COc1ccc2c3ccncc3c(=O)n(C)c2c1)N(C)C. The van der Waals surface area contributed by atoms with Crippen molar-refractivity contribution in [2.24, 2.45) is 13.0 Å². The van der Waals surface area contributed by atoms with E-state index in [-0.39, 0.29) is 5.56 Å². The Morgan fingerprint density at radius 3 is 2.62 bits per heavy atom. The number of likely N-dealkylation sites (N-methyl/N-ethyl adjacent to an activating group) is 1. The number of aromatic nitrogens is 2. The molecule has 0 fully saturated rings. The molecule has 3 aromatic rings. The van der Waals surface area contributed by atoms with Gasteiger partial charge >= 0.3 is 0 Å². The molecule has 2 aromatic heterocycles. The van der Waals surface area contributed by atoms with Crippen LogP contribution in [0.25, 0.3) is 21.7 Å². The summed E-state index contributed by atoms with van der Waals surface area (Å²) < 4.78 is 7.75. The van der Waals surface area contributed by atoms with Crippen LogP contribution in [-0.2, 0) is 7.05 Å². The van der Waals surface area contributed by atoms with Gasteiger partial charge in [-0.25, -0.2) is 0 Å². The van der Waals surface area contributed by atoms with E-state index in [9.17, 15) is 4.79 Å². The van der Waals surface area contributed by atoms with Crippen molar-refractivity contribution in [3.63, 3.8) is 0 Å². The summed E-state index contributed by atoms with van der Waals surface area (Å²) in [6.07, 6.45) is 4.44. The fourth-order valence-corrected chi connectivity index (χ4v) is 3.36. The molecule has 0 aliphatic carbocycles. The highest BCUT2D eigenvalue weighted by atomic mass is 16.5. The molecule has 0 radical (unpaired) electrons. The first kappa shape index (κ1) is 18.4. The smallest absolute Gasteiger partial charge is 0.260 e. The van der Waals surface area contributed by atoms with Gasteiger partial charge in [0.2, 0.25) is 0 Å². The number of ether oxygens (including phenoxy) is 1. The third kappa shape index (κ3) is 3.58. The normalized spacial score (nSPS) is 13.0. The third-order valence-electron chi connectivity index (χ3n) is 4.89. The second kappa shape index (κ2) is 7.46. The minimum absolute atomic E-state index is 0.0382. The minimum Gasteiger partial charge on any atom is -0.492 e. The Balaban J connectivity index is 1.96. The predicted octanol–water partition coefficient (Wildman–Crippen LogP) is 3.44. The van der Waals surface area contributed by atoms with E-state index in [1.165, 1.54) is 0 Å². The van der Waals surface area contributed by atoms with Crippen molar-refractivity contribution < 1.29 is 4.74 Å². The Bertz CT molecular complexity index is 976. The van der Waals surface area contributed by atoms with Crippen LogP contribution in [-0.4, -0.2) is 41.2 Å². The van der Waals surface area contributed by atoms with Gasteiger partial charge in [0.05, 0.1) is 10.9 Å². The minimum atomic E-state index is -0.0382. The van der Waals surface area contributed by atoms with Gasteiger partial charge in [-0.1, -0.05) is 13.8 Å². The lowest BCUT2D eigenvalue weighted by atomic mass is 10.0. The summed E-state index contributed by atoms with van der Waals surface area (Å²) in [4.78, 5) is 18.9. The van der Waals surface area contributed by atoms with Crippen LogP contribution in [0.4, 0.5) is 0 Å². The molecule has 3 rings (SSSR count). The maximum atomic E-state index is 12.6. The molecule has 26 heavy (non-hydrogen) atoms. The molecular formula is C21H27N3O2. The van der Waals surface area contributed by atoms with Crippen molar-refractivity contribution in [1.29, 1.82) is 0 Å². The van der Waals surface area contributed by atoms with Crippen LogP contribution in [0.5, 0.6) is 5.75 Å². The van der Waals surface area contributed by atoms with E-state index in [1.807, 2.05) is 24.3 Å². The summed E-state index contributed by atoms with van der Waals surface area (Å²) in [5.41, 5.74) is 0.834. The van der Waals surface area contributed by atoms with Crippen LogP contribution < -0.4 is 10.3 Å². The van der Waals surface area contributed by atoms with Crippen LogP contribution in [0, 0.1) is 5.92 Å². The molecule has 2 heterocycles. The van der Waals surface area contributed by atoms with Crippen LogP contribution >= 0.6 is 0 Å². The Hall–Kier alpha value is -2.40. The Labute approximate surface area is 154 Å². The zero-order chi connectivity index (χ0) is 18.8. The quantitative estimate of drug-likeness (QED) is 0.637. The number of hydrogen-bond donors (Lipinski definition) is 0. The van der Waals surface area contributed by atoms with Crippen molar-refractivity contribution in [3.05, 3.63) is 47.0 Å². The Morgan fingerprint density at radius 2 is 1.92 bits per heavy atom. The molecule has 0 saturated carbocycles. The molecule has 0 unspecified atom stereocenters. The number of benzene rings is 1. The number of pyridine rings is 2. The second-order valence-electron chi connectivity index (χ2n) is 7.52. The maximum Gasteiger partial charge on any atom is 0.260 e. The zero-order valence-corrected chi connectivity index (χ0v) is 16.2. The lowest BCUT2D eigenvalue weighted by Crippen LogP contribution is -2.34. The van der Waals surface area contributed by atoms with Crippen molar-refractivity contribution in [2.45, 2.75) is 26.3 Å². The van der Waals surface area contributed by atoms with Crippen LogP contribution in [0.15, 0.2) is 41.5 Å². The van der Waals surface area contributed by atoms with Crippen molar-refractivity contribution in [1.82, 2.24) is 14.5 Å². The first-order valence-corrected chi connectivity index (χ1v) is 9.04. The van der Waals surface area contributed by atoms with Crippen LogP contribution in [0.1, 0.15) is 20.3 Å². The molecule has 0 bridgehead atoms. The summed E-state index contributed by atoms with van der Waals surface area (Å²) in [5.74, 6) is 1.40. The average Bonchev–Trinajstić information content (AvgIpc) is 2.62. The molecule has 0 aliphatic rings. The molecular weight excluding hydrogens is 326 g/mol. The fourth-order valence-electron chi connectivity index (χ4n) is 3.36. The standard InChI is InChI=1S/C21H27N3O2/c1-14(2)10-15(23(3)4)13-26-16-6-7-18-17-8-9-22-12-19(17)21(25)24(5)20(18)11-16/h6-9,11-12,14-15H,10,13H2,1-5H3/t15-/m0/s1. The van der Waals surface area contributed by atoms with E-state index >= 15 is 0 Å². The number of aryl methyl sites for hydroxylation is 1. The van der Waals surface area contributed by atoms with Gasteiger partial charge in [-0.15, -0.1) is 0 Å². The molecule has 0 N–H and O–H groups in total. The summed E-state index contributed by atoms with van der Waals surface area (Å²) in [5, 5.41) is 2.60. The van der Waals surface area contributed by atoms with E-state index in [0.717, 1.165) is 28.5 Å². The number of rotatable bonds is 6. The van der Waals surface area contributed by atoms with Crippen LogP contribution in [0.3, 0.4) is 0 Å². The summed E-state index contributed by atoms with van der Waals surface area (Å²) in [7, 11) is 5.96. The third-order valence-corrected chi connectivity index (χ3v) is 4.89. The van der Waals surface area contributed by atoms with Gasteiger partial charge in [0, 0.05) is 36.9 Å². The number of fused-ring (bicyclic) bond motifs is 3.